The summed E-state index contributed by atoms with van der Waals surface area (Å²) in [5.41, 5.74) is 4.12. The molecule has 1 rings (SSSR count). The Morgan fingerprint density at radius 1 is 1.18 bits per heavy atom. The van der Waals surface area contributed by atoms with Crippen LogP contribution in [0.1, 0.15) is 33.3 Å². The molecule has 3 heteroatoms. The molecule has 0 aliphatic carbocycles. The summed E-state index contributed by atoms with van der Waals surface area (Å²) in [6.07, 6.45) is 0.204. The molecule has 96 valence electrons. The predicted molar refractivity (Wildman–Crippen MR) is 69.8 cm³/mol. The van der Waals surface area contributed by atoms with Gasteiger partial charge in [0.05, 0.1) is 12.7 Å². The van der Waals surface area contributed by atoms with Gasteiger partial charge < -0.3 is 9.57 Å². The average molecular weight is 237 g/mol. The van der Waals surface area contributed by atoms with E-state index in [-0.39, 0.29) is 6.10 Å². The van der Waals surface area contributed by atoms with E-state index in [0.29, 0.717) is 12.5 Å². The normalized spacial score (nSPS) is 11.2. The van der Waals surface area contributed by atoms with Gasteiger partial charge in [0.15, 0.2) is 0 Å². The highest BCUT2D eigenvalue weighted by Gasteiger charge is 2.00. The summed E-state index contributed by atoms with van der Waals surface area (Å²) in [7, 11) is 0. The summed E-state index contributed by atoms with van der Waals surface area (Å²) in [4.78, 5) is 5.33. The molecule has 17 heavy (non-hydrogen) atoms. The lowest BCUT2D eigenvalue weighted by atomic mass is 10.2. The number of hydrogen-bond donors (Lipinski definition) is 1. The number of nitrogens with one attached hydrogen (secondary N) is 1. The largest absolute Gasteiger partial charge is 0.491 e. The SMILES string of the molecule is CC(C)CONCc1cccc(OC(C)C)c1. The molecule has 0 spiro atoms. The van der Waals surface area contributed by atoms with Crippen molar-refractivity contribution in [1.29, 1.82) is 0 Å². The predicted octanol–water partition coefficient (Wildman–Crippen LogP) is 3.15. The third kappa shape index (κ3) is 6.29. The van der Waals surface area contributed by atoms with Crippen molar-refractivity contribution >= 4 is 0 Å². The highest BCUT2D eigenvalue weighted by molar-refractivity contribution is 5.28. The van der Waals surface area contributed by atoms with Crippen LogP contribution in [0.2, 0.25) is 0 Å². The Kier molecular flexibility index (Phi) is 6.01. The molecule has 0 heterocycles. The van der Waals surface area contributed by atoms with Crippen LogP contribution in [0.3, 0.4) is 0 Å². The summed E-state index contributed by atoms with van der Waals surface area (Å²) in [6.45, 7) is 9.72. The molecule has 0 saturated heterocycles. The third-order valence-corrected chi connectivity index (χ3v) is 2.07. The summed E-state index contributed by atoms with van der Waals surface area (Å²) in [5, 5.41) is 0. The van der Waals surface area contributed by atoms with Crippen molar-refractivity contribution in [3.8, 4) is 5.75 Å². The molecule has 0 bridgehead atoms. The van der Waals surface area contributed by atoms with Crippen LogP contribution in [-0.4, -0.2) is 12.7 Å². The first kappa shape index (κ1) is 14.0. The Labute approximate surface area is 104 Å². The van der Waals surface area contributed by atoms with E-state index in [9.17, 15) is 0 Å². The molecule has 3 nitrogen and oxygen atoms in total. The van der Waals surface area contributed by atoms with E-state index in [1.54, 1.807) is 0 Å². The van der Waals surface area contributed by atoms with Gasteiger partial charge in [-0.3, -0.25) is 0 Å². The molecule has 0 saturated carbocycles. The zero-order valence-corrected chi connectivity index (χ0v) is 11.2. The number of hydrogen-bond acceptors (Lipinski definition) is 3. The molecule has 0 atom stereocenters. The van der Waals surface area contributed by atoms with Crippen molar-refractivity contribution in [2.75, 3.05) is 6.61 Å². The molecule has 0 fully saturated rings. The van der Waals surface area contributed by atoms with E-state index in [1.165, 1.54) is 0 Å². The Morgan fingerprint density at radius 2 is 1.94 bits per heavy atom. The summed E-state index contributed by atoms with van der Waals surface area (Å²) >= 11 is 0. The van der Waals surface area contributed by atoms with Crippen LogP contribution in [0.5, 0.6) is 5.75 Å². The lowest BCUT2D eigenvalue weighted by Gasteiger charge is -2.11. The second-order valence-corrected chi connectivity index (χ2v) is 4.84. The van der Waals surface area contributed by atoms with E-state index in [1.807, 2.05) is 32.0 Å². The lowest BCUT2D eigenvalue weighted by molar-refractivity contribution is 0.0196. The summed E-state index contributed by atoms with van der Waals surface area (Å²) in [5.74, 6) is 1.45. The molecular formula is C14H23NO2. The molecule has 1 aromatic rings. The molecule has 0 radical (unpaired) electrons. The van der Waals surface area contributed by atoms with E-state index >= 15 is 0 Å². The maximum atomic E-state index is 5.63. The van der Waals surface area contributed by atoms with Crippen LogP contribution in [0.25, 0.3) is 0 Å². The molecule has 1 aromatic carbocycles. The van der Waals surface area contributed by atoms with Crippen molar-refractivity contribution in [2.45, 2.75) is 40.3 Å². The summed E-state index contributed by atoms with van der Waals surface area (Å²) in [6, 6.07) is 8.06. The van der Waals surface area contributed by atoms with Gasteiger partial charge in [0, 0.05) is 6.54 Å². The Hall–Kier alpha value is -1.06. The topological polar surface area (TPSA) is 30.5 Å². The quantitative estimate of drug-likeness (QED) is 0.583. The minimum atomic E-state index is 0.204. The van der Waals surface area contributed by atoms with Crippen molar-refractivity contribution in [3.63, 3.8) is 0 Å². The van der Waals surface area contributed by atoms with Crippen molar-refractivity contribution in [2.24, 2.45) is 5.92 Å². The lowest BCUT2D eigenvalue weighted by Crippen LogP contribution is -2.17. The van der Waals surface area contributed by atoms with Gasteiger partial charge in [-0.05, 0) is 37.5 Å². The minimum absolute atomic E-state index is 0.204. The smallest absolute Gasteiger partial charge is 0.120 e. The van der Waals surface area contributed by atoms with E-state index in [0.717, 1.165) is 17.9 Å². The molecule has 0 aromatic heterocycles. The highest BCUT2D eigenvalue weighted by atomic mass is 16.6. The fourth-order valence-corrected chi connectivity index (χ4v) is 1.36. The van der Waals surface area contributed by atoms with E-state index < -0.39 is 0 Å². The first-order chi connectivity index (χ1) is 8.08. The fourth-order valence-electron chi connectivity index (χ4n) is 1.36. The maximum Gasteiger partial charge on any atom is 0.120 e. The van der Waals surface area contributed by atoms with Gasteiger partial charge in [-0.15, -0.1) is 0 Å². The Balaban J connectivity index is 2.37. The van der Waals surface area contributed by atoms with Crippen LogP contribution < -0.4 is 10.2 Å². The van der Waals surface area contributed by atoms with Gasteiger partial charge in [0.2, 0.25) is 0 Å². The van der Waals surface area contributed by atoms with Crippen LogP contribution in [-0.2, 0) is 11.4 Å². The zero-order chi connectivity index (χ0) is 12.7. The number of benzene rings is 1. The molecule has 0 amide bonds. The van der Waals surface area contributed by atoms with E-state index in [2.05, 4.69) is 25.4 Å². The average Bonchev–Trinajstić information content (AvgIpc) is 2.24. The highest BCUT2D eigenvalue weighted by Crippen LogP contribution is 2.14. The molecule has 0 aliphatic rings. The first-order valence-electron chi connectivity index (χ1n) is 6.18. The fraction of sp³-hybridized carbons (Fsp3) is 0.571. The third-order valence-electron chi connectivity index (χ3n) is 2.07. The number of ether oxygens (including phenoxy) is 1. The van der Waals surface area contributed by atoms with Crippen molar-refractivity contribution in [1.82, 2.24) is 5.48 Å². The zero-order valence-electron chi connectivity index (χ0n) is 11.2. The van der Waals surface area contributed by atoms with Crippen molar-refractivity contribution in [3.05, 3.63) is 29.8 Å². The molecular weight excluding hydrogens is 214 g/mol. The van der Waals surface area contributed by atoms with Gasteiger partial charge in [0.25, 0.3) is 0 Å². The van der Waals surface area contributed by atoms with Gasteiger partial charge in [0.1, 0.15) is 5.75 Å². The van der Waals surface area contributed by atoms with Crippen LogP contribution in [0.4, 0.5) is 0 Å². The Bertz CT molecular complexity index is 324. The van der Waals surface area contributed by atoms with Crippen LogP contribution in [0.15, 0.2) is 24.3 Å². The molecule has 0 unspecified atom stereocenters. The standard InChI is InChI=1S/C14H23NO2/c1-11(2)10-16-15-9-13-6-5-7-14(8-13)17-12(3)4/h5-8,11-12,15H,9-10H2,1-4H3. The Morgan fingerprint density at radius 3 is 2.59 bits per heavy atom. The van der Waals surface area contributed by atoms with Gasteiger partial charge in [-0.2, -0.15) is 5.48 Å². The van der Waals surface area contributed by atoms with Gasteiger partial charge in [-0.1, -0.05) is 26.0 Å². The van der Waals surface area contributed by atoms with Crippen LogP contribution >= 0.6 is 0 Å². The second-order valence-electron chi connectivity index (χ2n) is 4.84. The number of hydroxylamine groups is 1. The van der Waals surface area contributed by atoms with Crippen molar-refractivity contribution < 1.29 is 9.57 Å². The monoisotopic (exact) mass is 237 g/mol. The number of rotatable bonds is 7. The maximum absolute atomic E-state index is 5.63. The van der Waals surface area contributed by atoms with E-state index in [4.69, 9.17) is 9.57 Å². The van der Waals surface area contributed by atoms with Gasteiger partial charge >= 0.3 is 0 Å². The first-order valence-corrected chi connectivity index (χ1v) is 6.18. The second kappa shape index (κ2) is 7.30. The molecule has 1 N–H and O–H groups in total. The van der Waals surface area contributed by atoms with Crippen LogP contribution in [0, 0.1) is 5.92 Å². The molecule has 0 aliphatic heterocycles. The minimum Gasteiger partial charge on any atom is -0.491 e. The van der Waals surface area contributed by atoms with Gasteiger partial charge in [-0.25, -0.2) is 0 Å². The summed E-state index contributed by atoms with van der Waals surface area (Å²) < 4.78 is 5.63.